The zero-order valence-corrected chi connectivity index (χ0v) is 16.5. The predicted molar refractivity (Wildman–Crippen MR) is 105 cm³/mol. The van der Waals surface area contributed by atoms with Crippen LogP contribution in [-0.2, 0) is 20.8 Å². The molecule has 150 valence electrons. The number of fused-ring (bicyclic) bond motifs is 3. The molecular weight excluding hydrogens is 361 g/mol. The molecule has 7 heteroatoms. The molecule has 1 aliphatic heterocycles. The Morgan fingerprint density at radius 1 is 1.39 bits per heavy atom. The molecule has 1 aromatic carbocycles. The minimum atomic E-state index is -0.848. The lowest BCUT2D eigenvalue weighted by atomic mass is 9.94. The molecule has 1 amide bonds. The third kappa shape index (κ3) is 4.15. The molecule has 1 N–H and O–H groups in total. The Morgan fingerprint density at radius 3 is 2.86 bits per heavy atom. The quantitative estimate of drug-likeness (QED) is 0.585. The van der Waals surface area contributed by atoms with Gasteiger partial charge in [0.2, 0.25) is 0 Å². The van der Waals surface area contributed by atoms with Crippen molar-refractivity contribution in [2.75, 3.05) is 27.2 Å². The number of aromatic nitrogens is 1. The number of halogens is 1. The van der Waals surface area contributed by atoms with Gasteiger partial charge in [-0.2, -0.15) is 0 Å². The number of rotatable bonds is 7. The lowest BCUT2D eigenvalue weighted by molar-refractivity contribution is -0.165. The van der Waals surface area contributed by atoms with E-state index in [0.29, 0.717) is 19.4 Å². The van der Waals surface area contributed by atoms with E-state index in [9.17, 15) is 14.0 Å². The maximum absolute atomic E-state index is 14.3. The van der Waals surface area contributed by atoms with Crippen molar-refractivity contribution in [2.24, 2.45) is 0 Å². The first-order chi connectivity index (χ1) is 13.4. The van der Waals surface area contributed by atoms with E-state index >= 15 is 0 Å². The topological polar surface area (TPSA) is 65.6 Å². The molecule has 3 rings (SSSR count). The summed E-state index contributed by atoms with van der Waals surface area (Å²) in [4.78, 5) is 33.8. The van der Waals surface area contributed by atoms with Gasteiger partial charge in [0, 0.05) is 43.2 Å². The van der Waals surface area contributed by atoms with Gasteiger partial charge in [-0.3, -0.25) is 19.3 Å². The summed E-state index contributed by atoms with van der Waals surface area (Å²) in [6.45, 7) is 2.97. The van der Waals surface area contributed by atoms with Crippen LogP contribution < -0.4 is 0 Å². The maximum Gasteiger partial charge on any atom is 0.305 e. The normalized spacial score (nSPS) is 17.6. The Kier molecular flexibility index (Phi) is 6.26. The zero-order chi connectivity index (χ0) is 20.3. The number of benzene rings is 1. The van der Waals surface area contributed by atoms with Crippen molar-refractivity contribution < 1.29 is 18.8 Å². The van der Waals surface area contributed by atoms with Crippen LogP contribution in [0, 0.1) is 0 Å². The smallest absolute Gasteiger partial charge is 0.305 e. The number of hydrogen-bond acceptors (Lipinski definition) is 4. The number of carbonyl (C=O) groups is 2. The van der Waals surface area contributed by atoms with Gasteiger partial charge in [0.15, 0.2) is 5.83 Å². The molecule has 2 heterocycles. The summed E-state index contributed by atoms with van der Waals surface area (Å²) >= 11 is 0. The van der Waals surface area contributed by atoms with Crippen LogP contribution >= 0.6 is 0 Å². The molecule has 28 heavy (non-hydrogen) atoms. The van der Waals surface area contributed by atoms with Crippen LogP contribution in [0.1, 0.15) is 37.1 Å². The number of ketones is 1. The predicted octanol–water partition coefficient (Wildman–Crippen LogP) is 3.31. The van der Waals surface area contributed by atoms with Crippen LogP contribution in [-0.4, -0.2) is 53.9 Å². The van der Waals surface area contributed by atoms with Gasteiger partial charge in [-0.1, -0.05) is 18.2 Å². The zero-order valence-electron chi connectivity index (χ0n) is 16.5. The van der Waals surface area contributed by atoms with Crippen molar-refractivity contribution in [3.63, 3.8) is 0 Å². The summed E-state index contributed by atoms with van der Waals surface area (Å²) in [6.07, 6.45) is 2.95. The van der Waals surface area contributed by atoms with Crippen molar-refractivity contribution in [3.05, 3.63) is 47.4 Å². The molecule has 1 aromatic heterocycles. The summed E-state index contributed by atoms with van der Waals surface area (Å²) in [5.41, 5.74) is 3.31. The standard InChI is InChI=1S/C21H26FN3O3/c1-14(26)10-12-25-13-11-16-15-6-4-5-7-18(15)23-20(16)19(25)9-8-17(22)21(27)24(2)28-3/h4-8,19,23H,9-13H2,1-3H3/b17-8-. The third-order valence-corrected chi connectivity index (χ3v) is 5.31. The van der Waals surface area contributed by atoms with Gasteiger partial charge in [0.05, 0.1) is 13.2 Å². The Balaban J connectivity index is 1.91. The number of likely N-dealkylation sites (N-methyl/N-ethyl adjacent to an activating group) is 1. The first-order valence-electron chi connectivity index (χ1n) is 9.43. The minimum absolute atomic E-state index is 0.123. The number of hydrogen-bond donors (Lipinski definition) is 1. The second kappa shape index (κ2) is 8.67. The molecule has 6 nitrogen and oxygen atoms in total. The van der Waals surface area contributed by atoms with E-state index in [1.54, 1.807) is 6.92 Å². The van der Waals surface area contributed by atoms with Gasteiger partial charge in [-0.15, -0.1) is 0 Å². The van der Waals surface area contributed by atoms with Crippen molar-refractivity contribution in [1.29, 1.82) is 0 Å². The Labute approximate surface area is 163 Å². The molecule has 1 unspecified atom stereocenters. The van der Waals surface area contributed by atoms with E-state index in [0.717, 1.165) is 29.2 Å². The average molecular weight is 387 g/mol. The van der Waals surface area contributed by atoms with Crippen LogP contribution in [0.3, 0.4) is 0 Å². The summed E-state index contributed by atoms with van der Waals surface area (Å²) in [5.74, 6) is -1.54. The van der Waals surface area contributed by atoms with E-state index in [1.807, 2.05) is 18.2 Å². The molecule has 0 aliphatic carbocycles. The lowest BCUT2D eigenvalue weighted by Gasteiger charge is -2.35. The van der Waals surface area contributed by atoms with Gasteiger partial charge in [-0.25, -0.2) is 9.45 Å². The van der Waals surface area contributed by atoms with Crippen LogP contribution in [0.5, 0.6) is 0 Å². The highest BCUT2D eigenvalue weighted by molar-refractivity contribution is 5.90. The molecule has 1 atom stereocenters. The Morgan fingerprint density at radius 2 is 2.14 bits per heavy atom. The Bertz CT molecular complexity index is 905. The second-order valence-corrected chi connectivity index (χ2v) is 7.09. The lowest BCUT2D eigenvalue weighted by Crippen LogP contribution is -2.36. The van der Waals surface area contributed by atoms with Crippen LogP contribution in [0.4, 0.5) is 4.39 Å². The van der Waals surface area contributed by atoms with Crippen molar-refractivity contribution in [3.8, 4) is 0 Å². The van der Waals surface area contributed by atoms with Gasteiger partial charge in [0.25, 0.3) is 0 Å². The maximum atomic E-state index is 14.3. The van der Waals surface area contributed by atoms with E-state index in [1.165, 1.54) is 31.2 Å². The molecule has 1 aliphatic rings. The number of hydroxylamine groups is 2. The number of nitrogens with one attached hydrogen (secondary N) is 1. The molecule has 0 bridgehead atoms. The fourth-order valence-electron chi connectivity index (χ4n) is 3.74. The van der Waals surface area contributed by atoms with Gasteiger partial charge < -0.3 is 4.98 Å². The second-order valence-electron chi connectivity index (χ2n) is 7.09. The first kappa shape index (κ1) is 20.2. The highest BCUT2D eigenvalue weighted by atomic mass is 19.1. The highest BCUT2D eigenvalue weighted by Crippen LogP contribution is 2.36. The molecule has 0 saturated carbocycles. The SMILES string of the molecule is CON(C)C(=O)/C(F)=C/CC1c2[nH]c3ccccc3c2CCN1CCC(C)=O. The highest BCUT2D eigenvalue weighted by Gasteiger charge is 2.30. The number of H-pyrrole nitrogens is 1. The number of para-hydroxylation sites is 1. The number of amides is 1. The fourth-order valence-corrected chi connectivity index (χ4v) is 3.74. The minimum Gasteiger partial charge on any atom is -0.357 e. The Hall–Kier alpha value is -2.51. The molecule has 0 saturated heterocycles. The molecule has 0 spiro atoms. The number of aromatic amines is 1. The van der Waals surface area contributed by atoms with Crippen LogP contribution in [0.2, 0.25) is 0 Å². The molecule has 0 fully saturated rings. The van der Waals surface area contributed by atoms with Crippen LogP contribution in [0.15, 0.2) is 36.2 Å². The van der Waals surface area contributed by atoms with Crippen LogP contribution in [0.25, 0.3) is 10.9 Å². The summed E-state index contributed by atoms with van der Waals surface area (Å²) in [7, 11) is 2.68. The van der Waals surface area contributed by atoms with E-state index in [2.05, 4.69) is 16.0 Å². The van der Waals surface area contributed by atoms with E-state index in [4.69, 9.17) is 4.84 Å². The number of carbonyl (C=O) groups excluding carboxylic acids is 2. The molecule has 2 aromatic rings. The van der Waals surface area contributed by atoms with E-state index < -0.39 is 11.7 Å². The summed E-state index contributed by atoms with van der Waals surface area (Å²) < 4.78 is 14.3. The number of nitrogens with zero attached hydrogens (tertiary/aromatic N) is 2. The largest absolute Gasteiger partial charge is 0.357 e. The fraction of sp³-hybridized carbons (Fsp3) is 0.429. The van der Waals surface area contributed by atoms with Gasteiger partial charge in [-0.05, 0) is 37.5 Å². The van der Waals surface area contributed by atoms with E-state index in [-0.39, 0.29) is 11.8 Å². The van der Waals surface area contributed by atoms with Crippen molar-refractivity contribution in [1.82, 2.24) is 14.9 Å². The summed E-state index contributed by atoms with van der Waals surface area (Å²) in [6, 6.07) is 7.97. The van der Waals surface area contributed by atoms with Gasteiger partial charge >= 0.3 is 5.91 Å². The van der Waals surface area contributed by atoms with Crippen molar-refractivity contribution >= 4 is 22.6 Å². The van der Waals surface area contributed by atoms with Crippen molar-refractivity contribution in [2.45, 2.75) is 32.2 Å². The molecular formula is C21H26FN3O3. The average Bonchev–Trinajstić information content (AvgIpc) is 3.08. The van der Waals surface area contributed by atoms with Gasteiger partial charge in [0.1, 0.15) is 5.78 Å². The monoisotopic (exact) mass is 387 g/mol. The first-order valence-corrected chi connectivity index (χ1v) is 9.43. The third-order valence-electron chi connectivity index (χ3n) is 5.31. The molecule has 0 radical (unpaired) electrons. The number of Topliss-reactive ketones (excluding diaryl/α,β-unsaturated/α-hetero) is 1. The summed E-state index contributed by atoms with van der Waals surface area (Å²) in [5, 5.41) is 2.03.